The van der Waals surface area contributed by atoms with E-state index >= 15 is 0 Å². The van der Waals surface area contributed by atoms with Crippen molar-refractivity contribution in [1.82, 2.24) is 0 Å². The molecule has 1 unspecified atom stereocenters. The van der Waals surface area contributed by atoms with Gasteiger partial charge in [-0.25, -0.2) is 0 Å². The molecule has 0 radical (unpaired) electrons. The molecule has 26 heavy (non-hydrogen) atoms. The quantitative estimate of drug-likeness (QED) is 0.787. The zero-order chi connectivity index (χ0) is 19.1. The van der Waals surface area contributed by atoms with Crippen molar-refractivity contribution in [3.05, 3.63) is 48.0 Å². The number of hydrogen-bond acceptors (Lipinski definition) is 5. The summed E-state index contributed by atoms with van der Waals surface area (Å²) in [6.07, 6.45) is 0. The van der Waals surface area contributed by atoms with Gasteiger partial charge in [0.1, 0.15) is 6.04 Å². The summed E-state index contributed by atoms with van der Waals surface area (Å²) in [5.74, 6) is -0.306. The Kier molecular flexibility index (Phi) is 6.33. The highest BCUT2D eigenvalue weighted by atomic mass is 19.3. The van der Waals surface area contributed by atoms with Crippen LogP contribution in [0.25, 0.3) is 0 Å². The molecule has 0 spiro atoms. The summed E-state index contributed by atoms with van der Waals surface area (Å²) in [6.45, 7) is -1.37. The first-order valence-corrected chi connectivity index (χ1v) is 7.63. The lowest BCUT2D eigenvalue weighted by molar-refractivity contribution is -0.116. The molecule has 0 bridgehead atoms. The Balaban J connectivity index is 2.04. The van der Waals surface area contributed by atoms with E-state index in [0.29, 0.717) is 16.9 Å². The Labute approximate surface area is 149 Å². The van der Waals surface area contributed by atoms with Crippen LogP contribution in [0.1, 0.15) is 12.5 Å². The molecule has 0 saturated carbocycles. The second-order valence-electron chi connectivity index (χ2n) is 5.29. The van der Waals surface area contributed by atoms with Crippen LogP contribution in [0.15, 0.2) is 42.5 Å². The first-order valence-electron chi connectivity index (χ1n) is 7.63. The molecular weight excluding hydrogens is 344 g/mol. The number of anilines is 2. The summed E-state index contributed by atoms with van der Waals surface area (Å²) in [7, 11) is 1.34. The van der Waals surface area contributed by atoms with Crippen molar-refractivity contribution >= 4 is 17.3 Å². The number of carbonyl (C=O) groups excluding carboxylic acids is 1. The monoisotopic (exact) mass is 361 g/mol. The Morgan fingerprint density at radius 3 is 2.35 bits per heavy atom. The van der Waals surface area contributed by atoms with E-state index in [2.05, 4.69) is 15.4 Å². The predicted octanol–water partition coefficient (Wildman–Crippen LogP) is 3.61. The van der Waals surface area contributed by atoms with E-state index in [-0.39, 0.29) is 17.4 Å². The Bertz CT molecular complexity index is 804. The molecule has 1 atom stereocenters. The van der Waals surface area contributed by atoms with E-state index in [0.717, 1.165) is 0 Å². The fourth-order valence-corrected chi connectivity index (χ4v) is 2.15. The van der Waals surface area contributed by atoms with Gasteiger partial charge in [-0.05, 0) is 43.3 Å². The number of nitrogens with one attached hydrogen (secondary N) is 2. The average molecular weight is 361 g/mol. The molecular formula is C18H17F2N3O3. The van der Waals surface area contributed by atoms with Crippen LogP contribution in [0.3, 0.4) is 0 Å². The molecule has 0 aliphatic rings. The van der Waals surface area contributed by atoms with Crippen molar-refractivity contribution in [2.45, 2.75) is 19.6 Å². The summed E-state index contributed by atoms with van der Waals surface area (Å²) in [5, 5.41) is 14.4. The molecule has 0 saturated heterocycles. The molecule has 6 nitrogen and oxygen atoms in total. The fourth-order valence-electron chi connectivity index (χ4n) is 2.15. The SMILES string of the molecule is COc1ccc(NC(C)C(=O)Nc2ccc(C#N)cc2)cc1OC(F)F. The van der Waals surface area contributed by atoms with Crippen LogP contribution in [0, 0.1) is 11.3 Å². The standard InChI is InChI=1S/C18H17F2N3O3/c1-11(17(24)23-13-5-3-12(10-21)4-6-13)22-14-7-8-15(25-2)16(9-14)26-18(19)20/h3-9,11,18,22H,1-2H3,(H,23,24). The smallest absolute Gasteiger partial charge is 0.387 e. The number of benzene rings is 2. The number of carbonyl (C=O) groups is 1. The number of halogens is 2. The van der Waals surface area contributed by atoms with Gasteiger partial charge in [0.05, 0.1) is 18.7 Å². The predicted molar refractivity (Wildman–Crippen MR) is 92.5 cm³/mol. The summed E-state index contributed by atoms with van der Waals surface area (Å²) >= 11 is 0. The minimum absolute atomic E-state index is 0.132. The topological polar surface area (TPSA) is 83.4 Å². The lowest BCUT2D eigenvalue weighted by Gasteiger charge is -2.17. The number of hydrogen-bond donors (Lipinski definition) is 2. The van der Waals surface area contributed by atoms with E-state index in [1.54, 1.807) is 37.3 Å². The van der Waals surface area contributed by atoms with E-state index in [9.17, 15) is 13.6 Å². The molecule has 0 fully saturated rings. The Hall–Kier alpha value is -3.34. The maximum absolute atomic E-state index is 12.5. The summed E-state index contributed by atoms with van der Waals surface area (Å²) < 4.78 is 34.3. The van der Waals surface area contributed by atoms with Crippen LogP contribution >= 0.6 is 0 Å². The maximum atomic E-state index is 12.5. The molecule has 0 heterocycles. The maximum Gasteiger partial charge on any atom is 0.387 e. The van der Waals surface area contributed by atoms with Gasteiger partial charge in [0.2, 0.25) is 5.91 Å². The number of alkyl halides is 2. The molecule has 136 valence electrons. The molecule has 1 amide bonds. The lowest BCUT2D eigenvalue weighted by atomic mass is 10.2. The van der Waals surface area contributed by atoms with Gasteiger partial charge in [0.25, 0.3) is 0 Å². The summed E-state index contributed by atoms with van der Waals surface area (Å²) in [4.78, 5) is 12.2. The van der Waals surface area contributed by atoms with Crippen LogP contribution < -0.4 is 20.1 Å². The fraction of sp³-hybridized carbons (Fsp3) is 0.222. The van der Waals surface area contributed by atoms with Crippen molar-refractivity contribution in [3.63, 3.8) is 0 Å². The van der Waals surface area contributed by atoms with Gasteiger partial charge in [-0.15, -0.1) is 0 Å². The third-order valence-electron chi connectivity index (χ3n) is 3.44. The van der Waals surface area contributed by atoms with Crippen LogP contribution in [0.4, 0.5) is 20.2 Å². The van der Waals surface area contributed by atoms with Crippen molar-refractivity contribution in [2.75, 3.05) is 17.7 Å². The van der Waals surface area contributed by atoms with Gasteiger partial charge in [-0.2, -0.15) is 14.0 Å². The van der Waals surface area contributed by atoms with Crippen molar-refractivity contribution in [1.29, 1.82) is 5.26 Å². The third-order valence-corrected chi connectivity index (χ3v) is 3.44. The van der Waals surface area contributed by atoms with E-state index < -0.39 is 12.7 Å². The molecule has 0 aliphatic heterocycles. The average Bonchev–Trinajstić information content (AvgIpc) is 2.62. The molecule has 2 rings (SSSR count). The third kappa shape index (κ3) is 5.08. The second-order valence-corrected chi connectivity index (χ2v) is 5.29. The number of rotatable bonds is 7. The van der Waals surface area contributed by atoms with Crippen molar-refractivity contribution in [3.8, 4) is 17.6 Å². The summed E-state index contributed by atoms with van der Waals surface area (Å²) in [6, 6.07) is 12.1. The van der Waals surface area contributed by atoms with Gasteiger partial charge in [-0.3, -0.25) is 4.79 Å². The van der Waals surface area contributed by atoms with Crippen molar-refractivity contribution in [2.24, 2.45) is 0 Å². The number of ether oxygens (including phenoxy) is 2. The molecule has 8 heteroatoms. The minimum Gasteiger partial charge on any atom is -0.493 e. The second kappa shape index (κ2) is 8.67. The number of nitriles is 1. The van der Waals surface area contributed by atoms with Crippen LogP contribution in [0.5, 0.6) is 11.5 Å². The highest BCUT2D eigenvalue weighted by Crippen LogP contribution is 2.31. The van der Waals surface area contributed by atoms with Crippen LogP contribution in [0.2, 0.25) is 0 Å². The number of amides is 1. The van der Waals surface area contributed by atoms with Gasteiger partial charge in [-0.1, -0.05) is 0 Å². The largest absolute Gasteiger partial charge is 0.493 e. The normalized spacial score (nSPS) is 11.4. The van der Waals surface area contributed by atoms with Gasteiger partial charge in [0, 0.05) is 17.4 Å². The number of methoxy groups -OCH3 is 1. The molecule has 2 N–H and O–H groups in total. The molecule has 2 aromatic rings. The highest BCUT2D eigenvalue weighted by Gasteiger charge is 2.16. The van der Waals surface area contributed by atoms with Crippen LogP contribution in [-0.2, 0) is 4.79 Å². The summed E-state index contributed by atoms with van der Waals surface area (Å²) in [5.41, 5.74) is 1.45. The van der Waals surface area contributed by atoms with Gasteiger partial charge >= 0.3 is 6.61 Å². The number of nitrogens with zero attached hydrogens (tertiary/aromatic N) is 1. The van der Waals surface area contributed by atoms with E-state index in [1.807, 2.05) is 6.07 Å². The van der Waals surface area contributed by atoms with E-state index in [4.69, 9.17) is 10.00 Å². The van der Waals surface area contributed by atoms with Gasteiger partial charge in [0.15, 0.2) is 11.5 Å². The van der Waals surface area contributed by atoms with E-state index in [1.165, 1.54) is 19.2 Å². The Morgan fingerprint density at radius 1 is 1.12 bits per heavy atom. The molecule has 0 aromatic heterocycles. The van der Waals surface area contributed by atoms with Crippen LogP contribution in [-0.4, -0.2) is 25.7 Å². The molecule has 2 aromatic carbocycles. The lowest BCUT2D eigenvalue weighted by Crippen LogP contribution is -2.31. The first-order chi connectivity index (χ1) is 12.4. The van der Waals surface area contributed by atoms with Crippen molar-refractivity contribution < 1.29 is 23.0 Å². The Morgan fingerprint density at radius 2 is 1.77 bits per heavy atom. The zero-order valence-electron chi connectivity index (χ0n) is 14.1. The zero-order valence-corrected chi connectivity index (χ0v) is 14.1. The first kappa shape index (κ1) is 19.0. The van der Waals surface area contributed by atoms with Gasteiger partial charge < -0.3 is 20.1 Å². The highest BCUT2D eigenvalue weighted by molar-refractivity contribution is 5.96. The minimum atomic E-state index is -2.99. The molecule has 0 aliphatic carbocycles.